The van der Waals surface area contributed by atoms with E-state index in [1.54, 1.807) is 43.6 Å². The Balaban J connectivity index is 2.27. The van der Waals surface area contributed by atoms with Crippen LogP contribution in [0.4, 0.5) is 5.69 Å². The number of halogens is 2. The van der Waals surface area contributed by atoms with Crippen LogP contribution in [0, 0.1) is 0 Å². The Morgan fingerprint density at radius 1 is 1.37 bits per heavy atom. The van der Waals surface area contributed by atoms with Gasteiger partial charge in [-0.2, -0.15) is 0 Å². The lowest BCUT2D eigenvalue weighted by atomic mass is 10.2. The second-order valence-corrected chi connectivity index (χ2v) is 5.25. The zero-order chi connectivity index (χ0) is 14.0. The number of anilines is 1. The maximum Gasteiger partial charge on any atom is 0.264 e. The van der Waals surface area contributed by atoms with Crippen LogP contribution in [0.2, 0.25) is 5.02 Å². The van der Waals surface area contributed by atoms with Gasteiger partial charge in [-0.05, 0) is 40.2 Å². The monoisotopic (exact) mass is 340 g/mol. The third-order valence-corrected chi connectivity index (χ3v) is 3.29. The summed E-state index contributed by atoms with van der Waals surface area (Å²) in [5.41, 5.74) is 0.817. The Morgan fingerprint density at radius 2 is 2.11 bits per heavy atom. The maximum absolute atomic E-state index is 12.0. The fourth-order valence-electron chi connectivity index (χ4n) is 1.57. The Kier molecular flexibility index (Phi) is 4.07. The molecule has 1 aromatic carbocycles. The molecular formula is C13H10BrClN2O2. The minimum Gasteiger partial charge on any atom is -0.321 e. The first-order valence-corrected chi connectivity index (χ1v) is 6.57. The molecule has 2 aromatic rings. The lowest BCUT2D eigenvalue weighted by Crippen LogP contribution is -2.19. The number of aryl methyl sites for hydroxylation is 1. The number of aromatic nitrogens is 1. The number of carbonyl (C=O) groups is 1. The van der Waals surface area contributed by atoms with Crippen molar-refractivity contribution in [3.63, 3.8) is 0 Å². The van der Waals surface area contributed by atoms with Crippen LogP contribution in [-0.4, -0.2) is 10.5 Å². The zero-order valence-electron chi connectivity index (χ0n) is 9.98. The summed E-state index contributed by atoms with van der Waals surface area (Å²) >= 11 is 8.98. The molecule has 2 rings (SSSR count). The number of benzene rings is 1. The standard InChI is InChI=1S/C13H10BrClN2O2/c1-17-7-10(6-11(14)13(17)19)16-12(18)8-3-2-4-9(15)5-8/h2-7H,1H3,(H,16,18). The van der Waals surface area contributed by atoms with Crippen molar-refractivity contribution in [2.75, 3.05) is 5.32 Å². The van der Waals surface area contributed by atoms with Crippen molar-refractivity contribution in [3.8, 4) is 0 Å². The fraction of sp³-hybridized carbons (Fsp3) is 0.0769. The molecular weight excluding hydrogens is 332 g/mol. The van der Waals surface area contributed by atoms with Gasteiger partial charge < -0.3 is 9.88 Å². The molecule has 0 saturated heterocycles. The molecule has 1 heterocycles. The van der Waals surface area contributed by atoms with Crippen molar-refractivity contribution in [3.05, 3.63) is 61.9 Å². The van der Waals surface area contributed by atoms with Crippen molar-refractivity contribution in [1.29, 1.82) is 0 Å². The van der Waals surface area contributed by atoms with Crippen LogP contribution >= 0.6 is 27.5 Å². The van der Waals surface area contributed by atoms with Crippen molar-refractivity contribution in [2.45, 2.75) is 0 Å². The molecule has 1 amide bonds. The molecule has 1 N–H and O–H groups in total. The average Bonchev–Trinajstić information content (AvgIpc) is 2.36. The second kappa shape index (κ2) is 5.59. The largest absolute Gasteiger partial charge is 0.321 e. The van der Waals surface area contributed by atoms with Crippen LogP contribution < -0.4 is 10.9 Å². The van der Waals surface area contributed by atoms with Crippen molar-refractivity contribution >= 4 is 39.1 Å². The minimum absolute atomic E-state index is 0.166. The van der Waals surface area contributed by atoms with Crippen LogP contribution in [0.15, 0.2) is 45.8 Å². The molecule has 0 spiro atoms. The van der Waals surface area contributed by atoms with E-state index >= 15 is 0 Å². The van der Waals surface area contributed by atoms with E-state index in [0.717, 1.165) is 0 Å². The second-order valence-electron chi connectivity index (χ2n) is 3.96. The molecule has 0 bridgehead atoms. The highest BCUT2D eigenvalue weighted by atomic mass is 79.9. The summed E-state index contributed by atoms with van der Waals surface area (Å²) in [6.45, 7) is 0. The van der Waals surface area contributed by atoms with Crippen molar-refractivity contribution in [2.24, 2.45) is 7.05 Å². The molecule has 98 valence electrons. The highest BCUT2D eigenvalue weighted by Crippen LogP contribution is 2.15. The SMILES string of the molecule is Cn1cc(NC(=O)c2cccc(Cl)c2)cc(Br)c1=O. The number of amides is 1. The number of rotatable bonds is 2. The molecule has 0 fully saturated rings. The van der Waals surface area contributed by atoms with E-state index in [-0.39, 0.29) is 11.5 Å². The first-order chi connectivity index (χ1) is 8.97. The van der Waals surface area contributed by atoms with Gasteiger partial charge in [-0.1, -0.05) is 17.7 Å². The van der Waals surface area contributed by atoms with E-state index in [2.05, 4.69) is 21.2 Å². The highest BCUT2D eigenvalue weighted by Gasteiger charge is 2.08. The summed E-state index contributed by atoms with van der Waals surface area (Å²) in [5.74, 6) is -0.284. The minimum atomic E-state index is -0.284. The Hall–Kier alpha value is -1.59. The third kappa shape index (κ3) is 3.24. The highest BCUT2D eigenvalue weighted by molar-refractivity contribution is 9.10. The number of hydrogen-bond donors (Lipinski definition) is 1. The van der Waals surface area contributed by atoms with Gasteiger partial charge in [0.1, 0.15) is 0 Å². The summed E-state index contributed by atoms with van der Waals surface area (Å²) < 4.78 is 1.77. The smallest absolute Gasteiger partial charge is 0.264 e. The molecule has 0 aliphatic carbocycles. The van der Waals surface area contributed by atoms with Gasteiger partial charge in [0.15, 0.2) is 0 Å². The number of nitrogens with zero attached hydrogens (tertiary/aromatic N) is 1. The maximum atomic E-state index is 12.0. The van der Waals surface area contributed by atoms with E-state index < -0.39 is 0 Å². The van der Waals surface area contributed by atoms with Gasteiger partial charge in [0.05, 0.1) is 10.2 Å². The predicted octanol–water partition coefficient (Wildman–Crippen LogP) is 3.05. The van der Waals surface area contributed by atoms with Crippen LogP contribution in [-0.2, 0) is 7.05 Å². The molecule has 0 atom stereocenters. The van der Waals surface area contributed by atoms with Gasteiger partial charge >= 0.3 is 0 Å². The van der Waals surface area contributed by atoms with Gasteiger partial charge in [-0.25, -0.2) is 0 Å². The number of nitrogens with one attached hydrogen (secondary N) is 1. The first kappa shape index (κ1) is 13.8. The predicted molar refractivity (Wildman–Crippen MR) is 78.8 cm³/mol. The van der Waals surface area contributed by atoms with Gasteiger partial charge in [-0.15, -0.1) is 0 Å². The van der Waals surface area contributed by atoms with Crippen LogP contribution in [0.1, 0.15) is 10.4 Å². The van der Waals surface area contributed by atoms with Gasteiger partial charge in [-0.3, -0.25) is 9.59 Å². The Labute approximate surface area is 123 Å². The summed E-state index contributed by atoms with van der Waals surface area (Å²) in [5, 5.41) is 3.20. The zero-order valence-corrected chi connectivity index (χ0v) is 12.3. The fourth-order valence-corrected chi connectivity index (χ4v) is 2.29. The number of carbonyl (C=O) groups excluding carboxylic acids is 1. The number of pyridine rings is 1. The van der Waals surface area contributed by atoms with E-state index in [1.807, 2.05) is 0 Å². The van der Waals surface area contributed by atoms with Crippen LogP contribution in [0.25, 0.3) is 0 Å². The van der Waals surface area contributed by atoms with Gasteiger partial charge in [0.2, 0.25) is 0 Å². The number of hydrogen-bond acceptors (Lipinski definition) is 2. The molecule has 19 heavy (non-hydrogen) atoms. The van der Waals surface area contributed by atoms with E-state index in [0.29, 0.717) is 20.7 Å². The molecule has 6 heteroatoms. The molecule has 1 aromatic heterocycles. The normalized spacial score (nSPS) is 10.3. The van der Waals surface area contributed by atoms with E-state index in [4.69, 9.17) is 11.6 Å². The van der Waals surface area contributed by atoms with Crippen molar-refractivity contribution in [1.82, 2.24) is 4.57 Å². The quantitative estimate of drug-likeness (QED) is 0.913. The van der Waals surface area contributed by atoms with Crippen LogP contribution in [0.5, 0.6) is 0 Å². The molecule has 0 saturated carbocycles. The summed E-state index contributed by atoms with van der Waals surface area (Å²) in [7, 11) is 1.61. The topological polar surface area (TPSA) is 51.1 Å². The summed E-state index contributed by atoms with van der Waals surface area (Å²) in [6, 6.07) is 8.20. The van der Waals surface area contributed by atoms with Crippen LogP contribution in [0.3, 0.4) is 0 Å². The van der Waals surface area contributed by atoms with Gasteiger partial charge in [0.25, 0.3) is 11.5 Å². The lowest BCUT2D eigenvalue weighted by Gasteiger charge is -2.08. The third-order valence-electron chi connectivity index (χ3n) is 2.48. The molecule has 0 radical (unpaired) electrons. The van der Waals surface area contributed by atoms with Gasteiger partial charge in [0, 0.05) is 23.8 Å². The summed E-state index contributed by atoms with van der Waals surface area (Å²) in [4.78, 5) is 23.5. The molecule has 0 aliphatic heterocycles. The molecule has 0 aliphatic rings. The van der Waals surface area contributed by atoms with Crippen molar-refractivity contribution < 1.29 is 4.79 Å². The lowest BCUT2D eigenvalue weighted by molar-refractivity contribution is 0.102. The van der Waals surface area contributed by atoms with E-state index in [9.17, 15) is 9.59 Å². The average molecular weight is 342 g/mol. The molecule has 4 nitrogen and oxygen atoms in total. The first-order valence-electron chi connectivity index (χ1n) is 5.40. The van der Waals surface area contributed by atoms with E-state index in [1.165, 1.54) is 4.57 Å². The summed E-state index contributed by atoms with van der Waals surface area (Å²) in [6.07, 6.45) is 1.55. The Bertz CT molecular complexity index is 671. The molecule has 0 unspecified atom stereocenters. The Morgan fingerprint density at radius 3 is 2.74 bits per heavy atom.